The van der Waals surface area contributed by atoms with Gasteiger partial charge in [0.2, 0.25) is 10.0 Å². The maximum Gasteiger partial charge on any atom is 0.264 e. The molecule has 3 aromatic rings. The van der Waals surface area contributed by atoms with Crippen LogP contribution in [0.5, 0.6) is 0 Å². The van der Waals surface area contributed by atoms with Crippen LogP contribution in [-0.4, -0.2) is 25.1 Å². The standard InChI is InChI=1S/C21H22Cl2N2O3S/c1-3-4-9-29(27,28)25-21(26)15-6-8-17-13(2)19(24-20(17)11-15)10-14-5-7-16(22)12-18(14)23/h5-8,11-12,24H,3-4,9-10H2,1-2H3,(H,25,26). The maximum atomic E-state index is 12.4. The first-order valence-electron chi connectivity index (χ1n) is 9.30. The molecule has 0 aliphatic rings. The van der Waals surface area contributed by atoms with Gasteiger partial charge in [0.1, 0.15) is 0 Å². The van der Waals surface area contributed by atoms with Crippen molar-refractivity contribution in [3.8, 4) is 0 Å². The van der Waals surface area contributed by atoms with Gasteiger partial charge in [0.05, 0.1) is 5.75 Å². The van der Waals surface area contributed by atoms with E-state index in [9.17, 15) is 13.2 Å². The average molecular weight is 453 g/mol. The molecule has 0 aliphatic carbocycles. The number of unbranched alkanes of at least 4 members (excludes halogenated alkanes) is 1. The van der Waals surface area contributed by atoms with Gasteiger partial charge < -0.3 is 4.98 Å². The molecule has 154 valence electrons. The van der Waals surface area contributed by atoms with E-state index in [2.05, 4.69) is 9.71 Å². The summed E-state index contributed by atoms with van der Waals surface area (Å²) >= 11 is 12.3. The molecule has 5 nitrogen and oxygen atoms in total. The third-order valence-electron chi connectivity index (χ3n) is 4.82. The molecule has 0 fully saturated rings. The molecule has 29 heavy (non-hydrogen) atoms. The molecule has 1 aromatic heterocycles. The lowest BCUT2D eigenvalue weighted by atomic mass is 10.0. The highest BCUT2D eigenvalue weighted by atomic mass is 35.5. The average Bonchev–Trinajstić information content (AvgIpc) is 2.97. The first-order chi connectivity index (χ1) is 13.7. The minimum atomic E-state index is -3.63. The second kappa shape index (κ2) is 8.78. The summed E-state index contributed by atoms with van der Waals surface area (Å²) in [6.07, 6.45) is 1.83. The van der Waals surface area contributed by atoms with Gasteiger partial charge in [-0.1, -0.05) is 48.7 Å². The number of aromatic amines is 1. The largest absolute Gasteiger partial charge is 0.358 e. The van der Waals surface area contributed by atoms with Crippen LogP contribution < -0.4 is 4.72 Å². The number of carbonyl (C=O) groups is 1. The van der Waals surface area contributed by atoms with Crippen LogP contribution in [0.1, 0.15) is 46.9 Å². The Hall–Kier alpha value is -2.02. The minimum absolute atomic E-state index is 0.0644. The molecule has 0 saturated carbocycles. The van der Waals surface area contributed by atoms with Crippen molar-refractivity contribution in [3.05, 3.63) is 68.8 Å². The van der Waals surface area contributed by atoms with Crippen LogP contribution in [0.25, 0.3) is 10.9 Å². The number of benzene rings is 2. The van der Waals surface area contributed by atoms with Crippen LogP contribution in [0, 0.1) is 6.92 Å². The summed E-state index contributed by atoms with van der Waals surface area (Å²) < 4.78 is 26.1. The lowest BCUT2D eigenvalue weighted by Crippen LogP contribution is -2.32. The molecule has 2 N–H and O–H groups in total. The summed E-state index contributed by atoms with van der Waals surface area (Å²) in [5, 5.41) is 2.14. The molecule has 1 amide bonds. The van der Waals surface area contributed by atoms with Gasteiger partial charge in [-0.05, 0) is 48.7 Å². The Morgan fingerprint density at radius 2 is 1.90 bits per heavy atom. The highest BCUT2D eigenvalue weighted by Crippen LogP contribution is 2.28. The number of hydrogen-bond donors (Lipinski definition) is 2. The van der Waals surface area contributed by atoms with Gasteiger partial charge in [-0.15, -0.1) is 0 Å². The SMILES string of the molecule is CCCCS(=O)(=O)NC(=O)c1ccc2c(C)c(Cc3ccc(Cl)cc3Cl)[nH]c2c1. The summed E-state index contributed by atoms with van der Waals surface area (Å²) in [5.41, 5.74) is 4.01. The van der Waals surface area contributed by atoms with Crippen molar-refractivity contribution in [1.82, 2.24) is 9.71 Å². The number of H-pyrrole nitrogens is 1. The molecule has 0 aliphatic heterocycles. The van der Waals surface area contributed by atoms with Crippen molar-refractivity contribution in [3.63, 3.8) is 0 Å². The van der Waals surface area contributed by atoms with E-state index in [1.165, 1.54) is 0 Å². The van der Waals surface area contributed by atoms with Crippen LogP contribution in [0.3, 0.4) is 0 Å². The van der Waals surface area contributed by atoms with Gasteiger partial charge in [-0.3, -0.25) is 4.79 Å². The van der Waals surface area contributed by atoms with E-state index in [0.717, 1.165) is 34.1 Å². The van der Waals surface area contributed by atoms with Crippen molar-refractivity contribution in [2.24, 2.45) is 0 Å². The number of halogens is 2. The number of fused-ring (bicyclic) bond motifs is 1. The van der Waals surface area contributed by atoms with Gasteiger partial charge in [-0.2, -0.15) is 0 Å². The Labute approximate surface area is 180 Å². The van der Waals surface area contributed by atoms with Gasteiger partial charge in [0, 0.05) is 38.6 Å². The van der Waals surface area contributed by atoms with E-state index in [1.54, 1.807) is 24.3 Å². The lowest BCUT2D eigenvalue weighted by molar-refractivity contribution is 0.0981. The molecule has 0 atom stereocenters. The van der Waals surface area contributed by atoms with Crippen LogP contribution >= 0.6 is 23.2 Å². The van der Waals surface area contributed by atoms with Crippen molar-refractivity contribution < 1.29 is 13.2 Å². The monoisotopic (exact) mass is 452 g/mol. The third-order valence-corrected chi connectivity index (χ3v) is 6.73. The number of nitrogens with one attached hydrogen (secondary N) is 2. The fraction of sp³-hybridized carbons (Fsp3) is 0.286. The second-order valence-corrected chi connectivity index (χ2v) is 9.69. The topological polar surface area (TPSA) is 79.0 Å². The van der Waals surface area contributed by atoms with Crippen molar-refractivity contribution in [2.75, 3.05) is 5.75 Å². The normalized spacial score (nSPS) is 11.7. The highest BCUT2D eigenvalue weighted by molar-refractivity contribution is 7.90. The van der Waals surface area contributed by atoms with Gasteiger partial charge in [0.25, 0.3) is 5.91 Å². The quantitative estimate of drug-likeness (QED) is 0.514. The number of hydrogen-bond acceptors (Lipinski definition) is 3. The van der Waals surface area contributed by atoms with Crippen molar-refractivity contribution in [1.29, 1.82) is 0 Å². The molecular weight excluding hydrogens is 431 g/mol. The lowest BCUT2D eigenvalue weighted by Gasteiger charge is -2.06. The Morgan fingerprint density at radius 1 is 1.14 bits per heavy atom. The molecule has 3 rings (SSSR count). The number of amides is 1. The first kappa shape index (κ1) is 21.7. The summed E-state index contributed by atoms with van der Waals surface area (Å²) in [6.45, 7) is 3.89. The molecular formula is C21H22Cl2N2O3S. The molecule has 1 heterocycles. The minimum Gasteiger partial charge on any atom is -0.358 e. The van der Waals surface area contributed by atoms with E-state index in [1.807, 2.05) is 26.0 Å². The molecule has 8 heteroatoms. The summed E-state index contributed by atoms with van der Waals surface area (Å²) in [6, 6.07) is 10.5. The van der Waals surface area contributed by atoms with Gasteiger partial charge in [0.15, 0.2) is 0 Å². The van der Waals surface area contributed by atoms with E-state index < -0.39 is 15.9 Å². The van der Waals surface area contributed by atoms with Gasteiger partial charge in [-0.25, -0.2) is 13.1 Å². The van der Waals surface area contributed by atoms with E-state index >= 15 is 0 Å². The van der Waals surface area contributed by atoms with Crippen LogP contribution in [0.15, 0.2) is 36.4 Å². The molecule has 2 aromatic carbocycles. The number of sulfonamides is 1. The van der Waals surface area contributed by atoms with Crippen LogP contribution in [-0.2, 0) is 16.4 Å². The summed E-state index contributed by atoms with van der Waals surface area (Å²) in [4.78, 5) is 15.7. The smallest absolute Gasteiger partial charge is 0.264 e. The van der Waals surface area contributed by atoms with E-state index in [0.29, 0.717) is 22.9 Å². The molecule has 0 saturated heterocycles. The molecule has 0 radical (unpaired) electrons. The fourth-order valence-corrected chi connectivity index (χ4v) is 4.80. The number of carbonyl (C=O) groups excluding carboxylic acids is 1. The zero-order chi connectivity index (χ0) is 21.2. The molecule has 0 spiro atoms. The third kappa shape index (κ3) is 5.13. The first-order valence-corrected chi connectivity index (χ1v) is 11.7. The Kier molecular flexibility index (Phi) is 6.56. The highest BCUT2D eigenvalue weighted by Gasteiger charge is 2.17. The predicted octanol–water partition coefficient (Wildman–Crippen LogP) is 5.23. The summed E-state index contributed by atoms with van der Waals surface area (Å²) in [5.74, 6) is -0.692. The van der Waals surface area contributed by atoms with Crippen molar-refractivity contribution in [2.45, 2.75) is 33.1 Å². The Morgan fingerprint density at radius 3 is 2.59 bits per heavy atom. The van der Waals surface area contributed by atoms with Crippen molar-refractivity contribution >= 4 is 50.0 Å². The van der Waals surface area contributed by atoms with E-state index in [4.69, 9.17) is 23.2 Å². The fourth-order valence-electron chi connectivity index (χ4n) is 3.15. The molecule has 0 bridgehead atoms. The van der Waals surface area contributed by atoms with Gasteiger partial charge >= 0.3 is 0 Å². The summed E-state index contributed by atoms with van der Waals surface area (Å²) in [7, 11) is -3.63. The number of aryl methyl sites for hydroxylation is 1. The van der Waals surface area contributed by atoms with E-state index in [-0.39, 0.29) is 11.3 Å². The zero-order valence-corrected chi connectivity index (χ0v) is 18.5. The zero-order valence-electron chi connectivity index (χ0n) is 16.2. The molecule has 0 unspecified atom stereocenters. The second-order valence-electron chi connectivity index (χ2n) is 7.01. The number of rotatable bonds is 7. The predicted molar refractivity (Wildman–Crippen MR) is 118 cm³/mol. The number of aromatic nitrogens is 1. The Bertz CT molecular complexity index is 1170. The van der Waals surface area contributed by atoms with Crippen LogP contribution in [0.4, 0.5) is 0 Å². The maximum absolute atomic E-state index is 12.4. The van der Waals surface area contributed by atoms with Crippen LogP contribution in [0.2, 0.25) is 10.0 Å². The Balaban J connectivity index is 1.86.